The van der Waals surface area contributed by atoms with E-state index < -0.39 is 18.0 Å². The van der Waals surface area contributed by atoms with Crippen molar-refractivity contribution in [2.24, 2.45) is 0 Å². The minimum atomic E-state index is -0.994. The minimum Gasteiger partial charge on any atom is -0.481 e. The lowest BCUT2D eigenvalue weighted by atomic mass is 10.1. The van der Waals surface area contributed by atoms with Gasteiger partial charge < -0.3 is 15.3 Å². The first-order valence-electron chi connectivity index (χ1n) is 8.31. The maximum Gasteiger partial charge on any atom is 0.306 e. The molecular weight excluding hydrogens is 348 g/mol. The largest absolute Gasteiger partial charge is 0.481 e. The lowest BCUT2D eigenvalue weighted by Crippen LogP contribution is -2.04. The van der Waals surface area contributed by atoms with Crippen molar-refractivity contribution in [3.8, 4) is 0 Å². The van der Waals surface area contributed by atoms with Gasteiger partial charge in [0.1, 0.15) is 0 Å². The number of allylic oxidation sites excluding steroid dienone is 1. The van der Waals surface area contributed by atoms with E-state index in [4.69, 9.17) is 10.2 Å². The molecule has 6 nitrogen and oxygen atoms in total. The normalized spacial score (nSPS) is 11.3. The highest BCUT2D eigenvalue weighted by molar-refractivity contribution is 5.95. The quantitative estimate of drug-likeness (QED) is 0.615. The van der Waals surface area contributed by atoms with Crippen molar-refractivity contribution in [1.82, 2.24) is 0 Å². The van der Waals surface area contributed by atoms with Crippen molar-refractivity contribution < 1.29 is 29.7 Å². The molecule has 2 aromatic rings. The average molecular weight is 370 g/mol. The molecule has 142 valence electrons. The third-order valence-corrected chi connectivity index (χ3v) is 3.40. The SMILES string of the molecule is O=C(O)CC(O)c1ccccc1.O=C(O)CCC(=O)C=Cc1ccccc1. The number of carbonyl (C=O) groups excluding carboxylic acids is 1. The molecule has 0 radical (unpaired) electrons. The third-order valence-electron chi connectivity index (χ3n) is 3.40. The van der Waals surface area contributed by atoms with Crippen LogP contribution >= 0.6 is 0 Å². The molecule has 3 N–H and O–H groups in total. The number of benzene rings is 2. The molecule has 0 fully saturated rings. The zero-order valence-corrected chi connectivity index (χ0v) is 14.7. The van der Waals surface area contributed by atoms with E-state index in [1.54, 1.807) is 30.3 Å². The summed E-state index contributed by atoms with van der Waals surface area (Å²) in [4.78, 5) is 31.6. The molecule has 0 bridgehead atoms. The molecule has 0 saturated heterocycles. The van der Waals surface area contributed by atoms with Crippen LogP contribution in [0.5, 0.6) is 0 Å². The van der Waals surface area contributed by atoms with Crippen molar-refractivity contribution in [2.75, 3.05) is 0 Å². The van der Waals surface area contributed by atoms with Crippen LogP contribution in [0.2, 0.25) is 0 Å². The molecular formula is C21H22O6. The topological polar surface area (TPSA) is 112 Å². The Labute approximate surface area is 157 Å². The summed E-state index contributed by atoms with van der Waals surface area (Å²) in [5.74, 6) is -2.11. The maximum absolute atomic E-state index is 11.2. The highest BCUT2D eigenvalue weighted by atomic mass is 16.4. The summed E-state index contributed by atoms with van der Waals surface area (Å²) >= 11 is 0. The monoisotopic (exact) mass is 370 g/mol. The fraction of sp³-hybridized carbons (Fsp3) is 0.190. The Kier molecular flexibility index (Phi) is 9.81. The second-order valence-corrected chi connectivity index (χ2v) is 5.63. The van der Waals surface area contributed by atoms with Crippen LogP contribution in [0.1, 0.15) is 36.5 Å². The van der Waals surface area contributed by atoms with Gasteiger partial charge in [0, 0.05) is 6.42 Å². The standard InChI is InChI=1S/C12H12O3.C9H10O3/c13-11(8-9-12(14)15)7-6-10-4-2-1-3-5-10;10-8(6-9(11)12)7-4-2-1-3-5-7/h1-7H,8-9H2,(H,14,15);1-5,8,10H,6H2,(H,11,12). The van der Waals surface area contributed by atoms with Crippen LogP contribution in [0.15, 0.2) is 66.7 Å². The summed E-state index contributed by atoms with van der Waals surface area (Å²) in [5, 5.41) is 26.1. The Balaban J connectivity index is 0.000000277. The predicted molar refractivity (Wildman–Crippen MR) is 101 cm³/mol. The number of aliphatic hydroxyl groups excluding tert-OH is 1. The van der Waals surface area contributed by atoms with Crippen molar-refractivity contribution in [2.45, 2.75) is 25.4 Å². The lowest BCUT2D eigenvalue weighted by molar-refractivity contribution is -0.139. The van der Waals surface area contributed by atoms with E-state index in [9.17, 15) is 19.5 Å². The third kappa shape index (κ3) is 10.4. The number of carbonyl (C=O) groups is 3. The molecule has 0 aliphatic heterocycles. The molecule has 0 amide bonds. The fourth-order valence-electron chi connectivity index (χ4n) is 2.03. The van der Waals surface area contributed by atoms with E-state index in [0.29, 0.717) is 5.56 Å². The molecule has 6 heteroatoms. The molecule has 0 heterocycles. The molecule has 2 aromatic carbocycles. The summed E-state index contributed by atoms with van der Waals surface area (Å²) in [6, 6.07) is 18.1. The molecule has 1 unspecified atom stereocenters. The first-order valence-corrected chi connectivity index (χ1v) is 8.31. The van der Waals surface area contributed by atoms with Gasteiger partial charge in [-0.1, -0.05) is 66.7 Å². The Bertz CT molecular complexity index is 753. The van der Waals surface area contributed by atoms with Crippen LogP contribution in [0, 0.1) is 0 Å². The van der Waals surface area contributed by atoms with Gasteiger partial charge in [-0.3, -0.25) is 14.4 Å². The first kappa shape index (κ1) is 21.8. The van der Waals surface area contributed by atoms with Crippen molar-refractivity contribution in [3.05, 3.63) is 77.9 Å². The predicted octanol–water partition coefficient (Wildman–Crippen LogP) is 3.33. The number of aliphatic hydroxyl groups is 1. The van der Waals surface area contributed by atoms with Crippen LogP contribution in [0.4, 0.5) is 0 Å². The van der Waals surface area contributed by atoms with Gasteiger partial charge in [0.25, 0.3) is 0 Å². The molecule has 0 spiro atoms. The number of carboxylic acids is 2. The molecule has 0 aliphatic rings. The highest BCUT2D eigenvalue weighted by Crippen LogP contribution is 2.15. The molecule has 0 aliphatic carbocycles. The maximum atomic E-state index is 11.2. The Morgan fingerprint density at radius 2 is 1.37 bits per heavy atom. The summed E-state index contributed by atoms with van der Waals surface area (Å²) in [7, 11) is 0. The highest BCUT2D eigenvalue weighted by Gasteiger charge is 2.10. The number of hydrogen-bond donors (Lipinski definition) is 3. The van der Waals surface area contributed by atoms with E-state index in [0.717, 1.165) is 5.56 Å². The van der Waals surface area contributed by atoms with Crippen molar-refractivity contribution >= 4 is 23.8 Å². The van der Waals surface area contributed by atoms with E-state index in [2.05, 4.69) is 0 Å². The van der Waals surface area contributed by atoms with Gasteiger partial charge in [-0.05, 0) is 17.2 Å². The van der Waals surface area contributed by atoms with Crippen LogP contribution in [0.25, 0.3) is 6.08 Å². The average Bonchev–Trinajstić information content (AvgIpc) is 2.66. The summed E-state index contributed by atoms with van der Waals surface area (Å²) in [6.07, 6.45) is 1.90. The van der Waals surface area contributed by atoms with Gasteiger partial charge in [-0.25, -0.2) is 0 Å². The van der Waals surface area contributed by atoms with Gasteiger partial charge in [-0.2, -0.15) is 0 Å². The van der Waals surface area contributed by atoms with Crippen molar-refractivity contribution in [1.29, 1.82) is 0 Å². The Hall–Kier alpha value is -3.25. The zero-order chi connectivity index (χ0) is 20.1. The van der Waals surface area contributed by atoms with Gasteiger partial charge in [-0.15, -0.1) is 0 Å². The summed E-state index contributed by atoms with van der Waals surface area (Å²) in [6.45, 7) is 0. The van der Waals surface area contributed by atoms with Gasteiger partial charge >= 0.3 is 11.9 Å². The van der Waals surface area contributed by atoms with Crippen LogP contribution < -0.4 is 0 Å². The van der Waals surface area contributed by atoms with E-state index in [-0.39, 0.29) is 25.0 Å². The number of carboxylic acid groups (broad SMARTS) is 2. The van der Waals surface area contributed by atoms with Gasteiger partial charge in [0.2, 0.25) is 0 Å². The number of hydrogen-bond acceptors (Lipinski definition) is 4. The smallest absolute Gasteiger partial charge is 0.306 e. The van der Waals surface area contributed by atoms with E-state index >= 15 is 0 Å². The minimum absolute atomic E-state index is 0.0542. The summed E-state index contributed by atoms with van der Waals surface area (Å²) in [5.41, 5.74) is 1.57. The zero-order valence-electron chi connectivity index (χ0n) is 14.7. The van der Waals surface area contributed by atoms with E-state index in [1.165, 1.54) is 6.08 Å². The van der Waals surface area contributed by atoms with Gasteiger partial charge in [0.15, 0.2) is 5.78 Å². The van der Waals surface area contributed by atoms with E-state index in [1.807, 2.05) is 36.4 Å². The van der Waals surface area contributed by atoms with Crippen LogP contribution in [0.3, 0.4) is 0 Å². The number of rotatable bonds is 8. The summed E-state index contributed by atoms with van der Waals surface area (Å²) < 4.78 is 0. The second kappa shape index (κ2) is 12.2. The van der Waals surface area contributed by atoms with Crippen LogP contribution in [-0.4, -0.2) is 33.0 Å². The molecule has 2 rings (SSSR count). The molecule has 27 heavy (non-hydrogen) atoms. The Morgan fingerprint density at radius 1 is 0.815 bits per heavy atom. The number of ketones is 1. The number of aliphatic carboxylic acids is 2. The second-order valence-electron chi connectivity index (χ2n) is 5.63. The lowest BCUT2D eigenvalue weighted by Gasteiger charge is -2.06. The molecule has 0 saturated carbocycles. The first-order chi connectivity index (χ1) is 12.9. The molecule has 0 aromatic heterocycles. The van der Waals surface area contributed by atoms with Crippen molar-refractivity contribution in [3.63, 3.8) is 0 Å². The van der Waals surface area contributed by atoms with Crippen LogP contribution in [-0.2, 0) is 14.4 Å². The van der Waals surface area contributed by atoms with Gasteiger partial charge in [0.05, 0.1) is 18.9 Å². The molecule has 1 atom stereocenters. The fourth-order valence-corrected chi connectivity index (χ4v) is 2.03. The Morgan fingerprint density at radius 3 is 1.89 bits per heavy atom.